The minimum atomic E-state index is -0.376. The summed E-state index contributed by atoms with van der Waals surface area (Å²) in [4.78, 5) is 12.2. The van der Waals surface area contributed by atoms with Crippen LogP contribution in [0.4, 0.5) is 5.69 Å². The molecule has 0 saturated heterocycles. The van der Waals surface area contributed by atoms with Crippen molar-refractivity contribution in [1.29, 1.82) is 0 Å². The average Bonchev–Trinajstić information content (AvgIpc) is 2.49. The Morgan fingerprint density at radius 1 is 1.14 bits per heavy atom. The Morgan fingerprint density at radius 3 is 2.57 bits per heavy atom. The summed E-state index contributed by atoms with van der Waals surface area (Å²) >= 11 is 4.40. The summed E-state index contributed by atoms with van der Waals surface area (Å²) in [6.07, 6.45) is 0.605. The van der Waals surface area contributed by atoms with Gasteiger partial charge in [-0.15, -0.1) is 0 Å². The van der Waals surface area contributed by atoms with Crippen molar-refractivity contribution in [2.45, 2.75) is 18.3 Å². The topological polar surface area (TPSA) is 38.3 Å². The van der Waals surface area contributed by atoms with Crippen LogP contribution in [0.15, 0.2) is 54.6 Å². The molecule has 3 nitrogen and oxygen atoms in total. The maximum absolute atomic E-state index is 12.2. The van der Waals surface area contributed by atoms with E-state index in [9.17, 15) is 4.79 Å². The number of carbonyl (C=O) groups is 1. The summed E-state index contributed by atoms with van der Waals surface area (Å²) in [5.74, 6) is -0.100. The maximum atomic E-state index is 12.2. The van der Waals surface area contributed by atoms with Crippen LogP contribution < -0.4 is 5.32 Å². The van der Waals surface area contributed by atoms with Crippen molar-refractivity contribution in [3.63, 3.8) is 0 Å². The van der Waals surface area contributed by atoms with E-state index < -0.39 is 0 Å². The molecule has 4 heteroatoms. The summed E-state index contributed by atoms with van der Waals surface area (Å²) in [5, 5.41) is 2.51. The molecule has 0 radical (unpaired) electrons. The molecule has 1 N–H and O–H groups in total. The first-order chi connectivity index (χ1) is 10.2. The molecule has 1 atom stereocenters. The molecule has 0 fully saturated rings. The highest BCUT2D eigenvalue weighted by atomic mass is 32.1. The Kier molecular flexibility index (Phi) is 5.84. The minimum Gasteiger partial charge on any atom is -0.380 e. The predicted octanol–water partition coefficient (Wildman–Crippen LogP) is 3.31. The van der Waals surface area contributed by atoms with Crippen molar-refractivity contribution in [1.82, 2.24) is 0 Å². The highest BCUT2D eigenvalue weighted by Gasteiger charge is 2.14. The van der Waals surface area contributed by atoms with Crippen LogP contribution in [0.5, 0.6) is 0 Å². The van der Waals surface area contributed by atoms with Gasteiger partial charge >= 0.3 is 0 Å². The molecule has 0 aromatic heterocycles. The molecule has 0 saturated carbocycles. The molecule has 21 heavy (non-hydrogen) atoms. The van der Waals surface area contributed by atoms with Gasteiger partial charge in [0.1, 0.15) is 0 Å². The quantitative estimate of drug-likeness (QED) is 0.803. The van der Waals surface area contributed by atoms with Gasteiger partial charge in [-0.1, -0.05) is 42.5 Å². The van der Waals surface area contributed by atoms with Gasteiger partial charge in [0.25, 0.3) is 0 Å². The van der Waals surface area contributed by atoms with Gasteiger partial charge in [0.05, 0.1) is 11.9 Å². The first-order valence-corrected chi connectivity index (χ1v) is 7.31. The number of hydrogen-bond acceptors (Lipinski definition) is 3. The van der Waals surface area contributed by atoms with E-state index in [4.69, 9.17) is 4.74 Å². The average molecular weight is 301 g/mol. The number of carbonyl (C=O) groups excluding carboxylic acids is 1. The van der Waals surface area contributed by atoms with Crippen molar-refractivity contribution in [2.75, 3.05) is 12.4 Å². The van der Waals surface area contributed by atoms with E-state index in [0.717, 1.165) is 16.8 Å². The second-order valence-corrected chi connectivity index (χ2v) is 5.45. The zero-order valence-corrected chi connectivity index (χ0v) is 12.8. The fourth-order valence-corrected chi connectivity index (χ4v) is 2.34. The largest absolute Gasteiger partial charge is 0.380 e. The summed E-state index contributed by atoms with van der Waals surface area (Å²) in [5.41, 5.74) is 2.89. The molecule has 0 spiro atoms. The lowest BCUT2D eigenvalue weighted by atomic mass is 10.1. The van der Waals surface area contributed by atoms with Crippen LogP contribution in [-0.4, -0.2) is 18.3 Å². The number of hydrogen-bond donors (Lipinski definition) is 2. The van der Waals surface area contributed by atoms with Gasteiger partial charge in [-0.05, 0) is 29.7 Å². The number of rotatable bonds is 6. The number of benzene rings is 2. The van der Waals surface area contributed by atoms with Gasteiger partial charge in [-0.25, -0.2) is 0 Å². The molecule has 2 aromatic carbocycles. The van der Waals surface area contributed by atoms with Crippen molar-refractivity contribution in [3.05, 3.63) is 65.7 Å². The molecule has 0 aliphatic carbocycles. The summed E-state index contributed by atoms with van der Waals surface area (Å²) in [6.45, 7) is 0.526. The van der Waals surface area contributed by atoms with Crippen molar-refractivity contribution in [2.24, 2.45) is 0 Å². The van der Waals surface area contributed by atoms with E-state index in [-0.39, 0.29) is 11.2 Å². The third-order valence-corrected chi connectivity index (χ3v) is 3.50. The Bertz CT molecular complexity index is 586. The zero-order valence-electron chi connectivity index (χ0n) is 12.0. The molecule has 0 heterocycles. The highest BCUT2D eigenvalue weighted by Crippen LogP contribution is 2.14. The molecule has 1 unspecified atom stereocenters. The molecular formula is C17H19NO2S. The van der Waals surface area contributed by atoms with E-state index in [1.54, 1.807) is 7.11 Å². The van der Waals surface area contributed by atoms with Gasteiger partial charge in [0.2, 0.25) is 5.91 Å². The van der Waals surface area contributed by atoms with Crippen LogP contribution in [0.2, 0.25) is 0 Å². The Balaban J connectivity index is 1.95. The van der Waals surface area contributed by atoms with Crippen molar-refractivity contribution >= 4 is 24.2 Å². The van der Waals surface area contributed by atoms with E-state index in [1.165, 1.54) is 0 Å². The van der Waals surface area contributed by atoms with Crippen LogP contribution in [0, 0.1) is 0 Å². The summed E-state index contributed by atoms with van der Waals surface area (Å²) < 4.78 is 5.09. The zero-order chi connectivity index (χ0) is 15.1. The number of ether oxygens (including phenoxy) is 1. The summed E-state index contributed by atoms with van der Waals surface area (Å²) in [7, 11) is 1.65. The lowest BCUT2D eigenvalue weighted by Crippen LogP contribution is -2.25. The number of anilines is 1. The van der Waals surface area contributed by atoms with Crippen LogP contribution >= 0.6 is 12.6 Å². The molecule has 0 aliphatic rings. The number of amides is 1. The summed E-state index contributed by atoms with van der Waals surface area (Å²) in [6, 6.07) is 17.5. The fourth-order valence-electron chi connectivity index (χ4n) is 2.06. The molecule has 110 valence electrons. The molecule has 2 rings (SSSR count). The van der Waals surface area contributed by atoms with Gasteiger partial charge < -0.3 is 10.1 Å². The van der Waals surface area contributed by atoms with Gasteiger partial charge in [0.15, 0.2) is 0 Å². The van der Waals surface area contributed by atoms with E-state index in [0.29, 0.717) is 13.0 Å². The third-order valence-electron chi connectivity index (χ3n) is 3.08. The SMILES string of the molecule is COCc1cccc(NC(=O)C(S)Cc2ccccc2)c1. The van der Waals surface area contributed by atoms with E-state index >= 15 is 0 Å². The molecule has 1 amide bonds. The van der Waals surface area contributed by atoms with E-state index in [1.807, 2.05) is 54.6 Å². The van der Waals surface area contributed by atoms with Crippen LogP contribution in [-0.2, 0) is 22.6 Å². The predicted molar refractivity (Wildman–Crippen MR) is 88.7 cm³/mol. The van der Waals surface area contributed by atoms with Crippen molar-refractivity contribution < 1.29 is 9.53 Å². The smallest absolute Gasteiger partial charge is 0.237 e. The second-order valence-electron chi connectivity index (χ2n) is 4.83. The third kappa shape index (κ3) is 4.92. The molecular weight excluding hydrogens is 282 g/mol. The normalized spacial score (nSPS) is 11.9. The van der Waals surface area contributed by atoms with Gasteiger partial charge in [0, 0.05) is 12.8 Å². The Morgan fingerprint density at radius 2 is 1.86 bits per heavy atom. The molecule has 0 aliphatic heterocycles. The fraction of sp³-hybridized carbons (Fsp3) is 0.235. The first-order valence-electron chi connectivity index (χ1n) is 6.80. The highest BCUT2D eigenvalue weighted by molar-refractivity contribution is 7.81. The lowest BCUT2D eigenvalue weighted by molar-refractivity contribution is -0.115. The minimum absolute atomic E-state index is 0.100. The second kappa shape index (κ2) is 7.86. The Hall–Kier alpha value is -1.78. The number of nitrogens with one attached hydrogen (secondary N) is 1. The van der Waals surface area contributed by atoms with E-state index in [2.05, 4.69) is 17.9 Å². The number of methoxy groups -OCH3 is 1. The van der Waals surface area contributed by atoms with Crippen molar-refractivity contribution in [3.8, 4) is 0 Å². The van der Waals surface area contributed by atoms with Crippen LogP contribution in [0.3, 0.4) is 0 Å². The molecule has 0 bridgehead atoms. The maximum Gasteiger partial charge on any atom is 0.237 e. The first kappa shape index (κ1) is 15.6. The standard InChI is InChI=1S/C17H19NO2S/c1-20-12-14-8-5-9-15(10-14)18-17(19)16(21)11-13-6-3-2-4-7-13/h2-10,16,21H,11-12H2,1H3,(H,18,19). The van der Waals surface area contributed by atoms with Gasteiger partial charge in [-0.3, -0.25) is 4.79 Å². The monoisotopic (exact) mass is 301 g/mol. The van der Waals surface area contributed by atoms with Gasteiger partial charge in [-0.2, -0.15) is 12.6 Å². The Labute approximate surface area is 130 Å². The van der Waals surface area contributed by atoms with Crippen LogP contribution in [0.1, 0.15) is 11.1 Å². The lowest BCUT2D eigenvalue weighted by Gasteiger charge is -2.12. The molecule has 2 aromatic rings. The number of thiol groups is 1. The van der Waals surface area contributed by atoms with Crippen LogP contribution in [0.25, 0.3) is 0 Å².